The number of hydrogen-bond acceptors (Lipinski definition) is 8. The van der Waals surface area contributed by atoms with Gasteiger partial charge in [0.25, 0.3) is 0 Å². The Bertz CT molecular complexity index is 1140. The zero-order chi connectivity index (χ0) is 22.4. The summed E-state index contributed by atoms with van der Waals surface area (Å²) in [5.74, 6) is 0.108. The molecular weight excluding hydrogens is 404 g/mol. The van der Waals surface area contributed by atoms with Crippen LogP contribution in [0.5, 0.6) is 17.2 Å². The predicted molar refractivity (Wildman–Crippen MR) is 112 cm³/mol. The van der Waals surface area contributed by atoms with E-state index >= 15 is 0 Å². The van der Waals surface area contributed by atoms with Crippen molar-refractivity contribution >= 4 is 22.9 Å². The fourth-order valence-corrected chi connectivity index (χ4v) is 2.73. The van der Waals surface area contributed by atoms with Crippen LogP contribution in [0, 0.1) is 6.92 Å². The molecule has 0 bridgehead atoms. The smallest absolute Gasteiger partial charge is 0.343 e. The number of hydrogen-bond donors (Lipinski definition) is 0. The van der Waals surface area contributed by atoms with E-state index in [4.69, 9.17) is 18.6 Å². The highest BCUT2D eigenvalue weighted by atomic mass is 16.6. The molecule has 0 fully saturated rings. The molecule has 2 aromatic carbocycles. The number of carbonyl (C=O) groups excluding carboxylic acids is 2. The molecular formula is C23H22O8. The van der Waals surface area contributed by atoms with Gasteiger partial charge in [0.2, 0.25) is 11.2 Å². The molecule has 1 heterocycles. The van der Waals surface area contributed by atoms with Crippen molar-refractivity contribution in [3.63, 3.8) is 0 Å². The molecule has 3 rings (SSSR count). The van der Waals surface area contributed by atoms with E-state index in [0.717, 1.165) is 6.42 Å². The molecule has 0 unspecified atom stereocenters. The lowest BCUT2D eigenvalue weighted by Gasteiger charge is -2.10. The largest absolute Gasteiger partial charge is 0.482 e. The van der Waals surface area contributed by atoms with Gasteiger partial charge in [-0.3, -0.25) is 4.79 Å². The van der Waals surface area contributed by atoms with Crippen molar-refractivity contribution in [2.75, 3.05) is 20.3 Å². The van der Waals surface area contributed by atoms with Crippen molar-refractivity contribution in [3.8, 4) is 17.2 Å². The Morgan fingerprint density at radius 3 is 2.42 bits per heavy atom. The van der Waals surface area contributed by atoms with Gasteiger partial charge in [-0.15, -0.1) is 0 Å². The molecule has 31 heavy (non-hydrogen) atoms. The summed E-state index contributed by atoms with van der Waals surface area (Å²) in [6, 6.07) is 10.9. The van der Waals surface area contributed by atoms with Crippen molar-refractivity contribution < 1.29 is 33.0 Å². The third-order valence-corrected chi connectivity index (χ3v) is 4.32. The van der Waals surface area contributed by atoms with Crippen LogP contribution in [0.4, 0.5) is 0 Å². The second kappa shape index (κ2) is 9.80. The molecule has 0 aliphatic heterocycles. The minimum Gasteiger partial charge on any atom is -0.482 e. The molecule has 8 heteroatoms. The summed E-state index contributed by atoms with van der Waals surface area (Å²) in [6.07, 6.45) is 0.739. The van der Waals surface area contributed by atoms with Gasteiger partial charge in [0.1, 0.15) is 22.8 Å². The molecule has 0 atom stereocenters. The van der Waals surface area contributed by atoms with Crippen molar-refractivity contribution in [1.82, 2.24) is 0 Å². The minimum atomic E-state index is -0.522. The minimum absolute atomic E-state index is 0.0389. The molecule has 0 aliphatic carbocycles. The Morgan fingerprint density at radius 1 is 1.03 bits per heavy atom. The maximum Gasteiger partial charge on any atom is 0.343 e. The van der Waals surface area contributed by atoms with E-state index < -0.39 is 11.9 Å². The van der Waals surface area contributed by atoms with Crippen LogP contribution in [-0.4, -0.2) is 32.3 Å². The summed E-state index contributed by atoms with van der Waals surface area (Å²) in [5, 5.41) is 0.297. The van der Waals surface area contributed by atoms with Gasteiger partial charge in [0.05, 0.1) is 24.7 Å². The lowest BCUT2D eigenvalue weighted by atomic mass is 10.2. The average molecular weight is 426 g/mol. The molecule has 0 amide bonds. The molecule has 162 valence electrons. The molecule has 3 aromatic rings. The second-order valence-corrected chi connectivity index (χ2v) is 6.60. The van der Waals surface area contributed by atoms with E-state index in [1.807, 2.05) is 6.92 Å². The summed E-state index contributed by atoms with van der Waals surface area (Å²) in [5.41, 5.74) is 0.332. The number of fused-ring (bicyclic) bond motifs is 1. The summed E-state index contributed by atoms with van der Waals surface area (Å²) in [4.78, 5) is 36.0. The van der Waals surface area contributed by atoms with Gasteiger partial charge in [-0.25, -0.2) is 9.59 Å². The standard InChI is InChI=1S/C23H22O8/c1-4-11-28-23(26)15-5-7-16(8-6-15)31-22-14(2)30-19-12-17(29-13-20(24)27-3)9-10-18(19)21(22)25/h5-10,12H,4,11,13H2,1-3H3. The van der Waals surface area contributed by atoms with Crippen molar-refractivity contribution in [2.45, 2.75) is 20.3 Å². The highest BCUT2D eigenvalue weighted by molar-refractivity contribution is 5.89. The first-order valence-electron chi connectivity index (χ1n) is 9.65. The van der Waals surface area contributed by atoms with E-state index in [0.29, 0.717) is 34.6 Å². The fraction of sp³-hybridized carbons (Fsp3) is 0.261. The fourth-order valence-electron chi connectivity index (χ4n) is 2.73. The van der Waals surface area contributed by atoms with Crippen LogP contribution >= 0.6 is 0 Å². The molecule has 0 saturated heterocycles. The van der Waals surface area contributed by atoms with Crippen LogP contribution in [0.3, 0.4) is 0 Å². The number of rotatable bonds is 8. The highest BCUT2D eigenvalue weighted by Gasteiger charge is 2.15. The third-order valence-electron chi connectivity index (χ3n) is 4.32. The maximum atomic E-state index is 12.9. The third kappa shape index (κ3) is 5.22. The number of esters is 2. The Balaban J connectivity index is 1.82. The zero-order valence-electron chi connectivity index (χ0n) is 17.4. The van der Waals surface area contributed by atoms with Crippen LogP contribution in [-0.2, 0) is 14.3 Å². The summed E-state index contributed by atoms with van der Waals surface area (Å²) in [7, 11) is 1.27. The zero-order valence-corrected chi connectivity index (χ0v) is 17.4. The molecule has 0 saturated carbocycles. The number of carbonyl (C=O) groups is 2. The summed E-state index contributed by atoms with van der Waals surface area (Å²) in [6.45, 7) is 3.62. The Labute approximate surface area is 178 Å². The summed E-state index contributed by atoms with van der Waals surface area (Å²) >= 11 is 0. The van der Waals surface area contributed by atoms with Gasteiger partial charge < -0.3 is 23.4 Å². The van der Waals surface area contributed by atoms with Crippen LogP contribution in [0.1, 0.15) is 29.5 Å². The summed E-state index contributed by atoms with van der Waals surface area (Å²) < 4.78 is 26.4. The van der Waals surface area contributed by atoms with Gasteiger partial charge in [0.15, 0.2) is 6.61 Å². The number of methoxy groups -OCH3 is 1. The van der Waals surface area contributed by atoms with Crippen molar-refractivity contribution in [1.29, 1.82) is 0 Å². The van der Waals surface area contributed by atoms with E-state index in [9.17, 15) is 14.4 Å². The van der Waals surface area contributed by atoms with Gasteiger partial charge in [-0.1, -0.05) is 6.92 Å². The Morgan fingerprint density at radius 2 is 1.74 bits per heavy atom. The molecule has 8 nitrogen and oxygen atoms in total. The van der Waals surface area contributed by atoms with Gasteiger partial charge in [0, 0.05) is 6.07 Å². The lowest BCUT2D eigenvalue weighted by Crippen LogP contribution is -2.12. The van der Waals surface area contributed by atoms with E-state index in [2.05, 4.69) is 4.74 Å². The highest BCUT2D eigenvalue weighted by Crippen LogP contribution is 2.27. The van der Waals surface area contributed by atoms with Gasteiger partial charge in [-0.2, -0.15) is 0 Å². The van der Waals surface area contributed by atoms with Gasteiger partial charge >= 0.3 is 11.9 Å². The number of aryl methyl sites for hydroxylation is 1. The monoisotopic (exact) mass is 426 g/mol. The topological polar surface area (TPSA) is 101 Å². The molecule has 0 N–H and O–H groups in total. The Hall–Kier alpha value is -3.81. The maximum absolute atomic E-state index is 12.9. The first kappa shape index (κ1) is 21.9. The molecule has 0 radical (unpaired) electrons. The quantitative estimate of drug-likeness (QED) is 0.498. The van der Waals surface area contributed by atoms with E-state index in [-0.39, 0.29) is 23.5 Å². The SMILES string of the molecule is CCCOC(=O)c1ccc(Oc2c(C)oc3cc(OCC(=O)OC)ccc3c2=O)cc1. The van der Waals surface area contributed by atoms with Crippen molar-refractivity contribution in [2.24, 2.45) is 0 Å². The molecule has 0 aliphatic rings. The number of ether oxygens (including phenoxy) is 4. The second-order valence-electron chi connectivity index (χ2n) is 6.60. The first-order valence-corrected chi connectivity index (χ1v) is 9.65. The van der Waals surface area contributed by atoms with E-state index in [1.165, 1.54) is 19.2 Å². The van der Waals surface area contributed by atoms with E-state index in [1.54, 1.807) is 37.3 Å². The first-order chi connectivity index (χ1) is 14.9. The molecule has 1 aromatic heterocycles. The van der Waals surface area contributed by atoms with Crippen LogP contribution in [0.15, 0.2) is 51.7 Å². The predicted octanol–water partition coefficient (Wildman–Crippen LogP) is 4.01. The van der Waals surface area contributed by atoms with Crippen LogP contribution in [0.2, 0.25) is 0 Å². The lowest BCUT2D eigenvalue weighted by molar-refractivity contribution is -0.142. The van der Waals surface area contributed by atoms with Crippen LogP contribution < -0.4 is 14.9 Å². The van der Waals surface area contributed by atoms with Crippen LogP contribution in [0.25, 0.3) is 11.0 Å². The normalized spacial score (nSPS) is 10.5. The Kier molecular flexibility index (Phi) is 6.92. The molecule has 0 spiro atoms. The average Bonchev–Trinajstić information content (AvgIpc) is 2.78. The number of benzene rings is 2. The van der Waals surface area contributed by atoms with Crippen molar-refractivity contribution in [3.05, 3.63) is 64.0 Å². The van der Waals surface area contributed by atoms with Gasteiger partial charge in [-0.05, 0) is 49.7 Å².